The van der Waals surface area contributed by atoms with E-state index in [4.69, 9.17) is 10.4 Å². The quantitative estimate of drug-likeness (QED) is 0.734. The number of nitrogens with one attached hydrogen (secondary N) is 1. The van der Waals surface area contributed by atoms with Gasteiger partial charge < -0.3 is 15.3 Å². The van der Waals surface area contributed by atoms with Crippen LogP contribution in [0.1, 0.15) is 22.7 Å². The van der Waals surface area contributed by atoms with Gasteiger partial charge in [0.15, 0.2) is 0 Å². The Labute approximate surface area is 185 Å². The number of hydrogen-bond donors (Lipinski definition) is 2. The van der Waals surface area contributed by atoms with Crippen molar-refractivity contribution in [2.24, 2.45) is 0 Å². The number of hydrogen-bond acceptors (Lipinski definition) is 4. The van der Waals surface area contributed by atoms with Crippen LogP contribution in [-0.2, 0) is 15.8 Å². The van der Waals surface area contributed by atoms with Crippen LogP contribution in [-0.4, -0.2) is 41.0 Å². The molecule has 0 aromatic heterocycles. The molecule has 2 N–H and O–H groups in total. The summed E-state index contributed by atoms with van der Waals surface area (Å²) in [6, 6.07) is 10.4. The Morgan fingerprint density at radius 3 is 2.48 bits per heavy atom. The fourth-order valence-electron chi connectivity index (χ4n) is 3.88. The Morgan fingerprint density at radius 2 is 1.88 bits per heavy atom. The number of halogens is 3. The average molecular weight is 456 g/mol. The summed E-state index contributed by atoms with van der Waals surface area (Å²) < 4.78 is 39.7. The summed E-state index contributed by atoms with van der Waals surface area (Å²) in [7, 11) is 0. The summed E-state index contributed by atoms with van der Waals surface area (Å²) in [5.74, 6) is -1.93. The lowest BCUT2D eigenvalue weighted by atomic mass is 9.94. The molecule has 11 heteroatoms. The molecule has 33 heavy (non-hydrogen) atoms. The standard InChI is InChI=1S/C22H15F3N4O4/c23-22(24,25)14-2-1-3-15(8-14)29-16-10-28(11-17(30)31)20(32)18(16)19(27-21(29)33)13-6-4-12(9-26)5-7-13/h1-8,19H,10-11H2,(H,27,33)(H,30,31)/t19-/m1/s1. The van der Waals surface area contributed by atoms with Crippen LogP contribution in [0, 0.1) is 11.3 Å². The van der Waals surface area contributed by atoms with E-state index in [9.17, 15) is 27.6 Å². The summed E-state index contributed by atoms with van der Waals surface area (Å²) in [5, 5.41) is 20.8. The number of carboxylic acids is 1. The molecule has 3 amide bonds. The fraction of sp³-hybridized carbons (Fsp3) is 0.182. The molecule has 8 nitrogen and oxygen atoms in total. The van der Waals surface area contributed by atoms with Gasteiger partial charge in [-0.1, -0.05) is 18.2 Å². The molecule has 1 atom stereocenters. The molecule has 0 aliphatic carbocycles. The zero-order chi connectivity index (χ0) is 23.9. The molecule has 0 saturated carbocycles. The molecule has 0 saturated heterocycles. The van der Waals surface area contributed by atoms with Crippen molar-refractivity contribution in [1.29, 1.82) is 5.26 Å². The van der Waals surface area contributed by atoms with Gasteiger partial charge in [0, 0.05) is 0 Å². The summed E-state index contributed by atoms with van der Waals surface area (Å²) >= 11 is 0. The van der Waals surface area contributed by atoms with Crippen LogP contribution < -0.4 is 10.2 Å². The number of urea groups is 1. The highest BCUT2D eigenvalue weighted by atomic mass is 19.4. The van der Waals surface area contributed by atoms with Gasteiger partial charge in [-0.2, -0.15) is 18.4 Å². The van der Waals surface area contributed by atoms with Crippen molar-refractivity contribution in [2.75, 3.05) is 18.0 Å². The maximum absolute atomic E-state index is 13.2. The number of amides is 3. The van der Waals surface area contributed by atoms with Crippen molar-refractivity contribution in [2.45, 2.75) is 12.2 Å². The lowest BCUT2D eigenvalue weighted by molar-refractivity contribution is -0.142. The number of nitriles is 1. The minimum atomic E-state index is -4.65. The van der Waals surface area contributed by atoms with E-state index in [1.54, 1.807) is 12.1 Å². The van der Waals surface area contributed by atoms with Crippen LogP contribution in [0.15, 0.2) is 59.8 Å². The average Bonchev–Trinajstić information content (AvgIpc) is 3.08. The molecule has 0 bridgehead atoms. The van der Waals surface area contributed by atoms with E-state index in [1.165, 1.54) is 18.2 Å². The van der Waals surface area contributed by atoms with Crippen LogP contribution in [0.4, 0.5) is 23.7 Å². The Bertz CT molecular complexity index is 1230. The number of benzene rings is 2. The smallest absolute Gasteiger partial charge is 0.416 e. The first-order valence-corrected chi connectivity index (χ1v) is 9.62. The van der Waals surface area contributed by atoms with Crippen LogP contribution >= 0.6 is 0 Å². The SMILES string of the molecule is N#Cc1ccc([C@H]2NC(=O)N(c3cccc(C(F)(F)F)c3)C3=C2C(=O)N(CC(=O)O)C3)cc1. The van der Waals surface area contributed by atoms with Gasteiger partial charge >= 0.3 is 18.2 Å². The van der Waals surface area contributed by atoms with Crippen LogP contribution in [0.25, 0.3) is 0 Å². The third kappa shape index (κ3) is 3.98. The normalized spacial score (nSPS) is 18.2. The van der Waals surface area contributed by atoms with Crippen molar-refractivity contribution in [3.8, 4) is 6.07 Å². The molecule has 0 radical (unpaired) electrons. The minimum absolute atomic E-state index is 0.0537. The zero-order valence-corrected chi connectivity index (χ0v) is 16.8. The number of carboxylic acid groups (broad SMARTS) is 1. The van der Waals surface area contributed by atoms with Crippen LogP contribution in [0.5, 0.6) is 0 Å². The molecule has 168 valence electrons. The highest BCUT2D eigenvalue weighted by molar-refractivity contribution is 6.08. The minimum Gasteiger partial charge on any atom is -0.480 e. The van der Waals surface area contributed by atoms with Crippen LogP contribution in [0.2, 0.25) is 0 Å². The van der Waals surface area contributed by atoms with Gasteiger partial charge in [0.2, 0.25) is 0 Å². The molecule has 4 rings (SSSR count). The molecule has 0 spiro atoms. The lowest BCUT2D eigenvalue weighted by Crippen LogP contribution is -2.47. The Morgan fingerprint density at radius 1 is 1.18 bits per heavy atom. The van der Waals surface area contributed by atoms with E-state index in [0.717, 1.165) is 28.0 Å². The largest absolute Gasteiger partial charge is 0.480 e. The molecular formula is C22H15F3N4O4. The first kappa shape index (κ1) is 21.9. The highest BCUT2D eigenvalue weighted by Gasteiger charge is 2.45. The Kier molecular flexibility index (Phi) is 5.29. The molecule has 2 aliphatic rings. The van der Waals surface area contributed by atoms with Gasteiger partial charge in [-0.05, 0) is 35.9 Å². The number of nitrogens with zero attached hydrogens (tertiary/aromatic N) is 3. The van der Waals surface area contributed by atoms with Crippen molar-refractivity contribution in [1.82, 2.24) is 10.2 Å². The number of anilines is 1. The Balaban J connectivity index is 1.83. The van der Waals surface area contributed by atoms with E-state index >= 15 is 0 Å². The van der Waals surface area contributed by atoms with Gasteiger partial charge in [0.25, 0.3) is 5.91 Å². The number of alkyl halides is 3. The molecule has 2 aliphatic heterocycles. The second kappa shape index (κ2) is 7.98. The highest BCUT2D eigenvalue weighted by Crippen LogP contribution is 2.40. The van der Waals surface area contributed by atoms with Gasteiger partial charge in [0.05, 0.1) is 46.7 Å². The second-order valence-corrected chi connectivity index (χ2v) is 7.42. The van der Waals surface area contributed by atoms with E-state index in [-0.39, 0.29) is 23.5 Å². The predicted octanol–water partition coefficient (Wildman–Crippen LogP) is 3.03. The van der Waals surface area contributed by atoms with Crippen molar-refractivity contribution in [3.63, 3.8) is 0 Å². The van der Waals surface area contributed by atoms with E-state index in [2.05, 4.69) is 5.32 Å². The van der Waals surface area contributed by atoms with Gasteiger partial charge in [0.1, 0.15) is 6.54 Å². The first-order chi connectivity index (χ1) is 15.6. The number of carbonyl (C=O) groups is 3. The monoisotopic (exact) mass is 456 g/mol. The zero-order valence-electron chi connectivity index (χ0n) is 16.8. The fourth-order valence-corrected chi connectivity index (χ4v) is 3.88. The van der Waals surface area contributed by atoms with Crippen molar-refractivity contribution < 1.29 is 32.7 Å². The summed E-state index contributed by atoms with van der Waals surface area (Å²) in [4.78, 5) is 39.3. The summed E-state index contributed by atoms with van der Waals surface area (Å²) in [6.07, 6.45) is -4.65. The van der Waals surface area contributed by atoms with Gasteiger partial charge in [-0.15, -0.1) is 0 Å². The Hall–Kier alpha value is -4.33. The van der Waals surface area contributed by atoms with E-state index in [1.807, 2.05) is 6.07 Å². The maximum atomic E-state index is 13.2. The van der Waals surface area contributed by atoms with Crippen LogP contribution in [0.3, 0.4) is 0 Å². The molecule has 2 aromatic rings. The van der Waals surface area contributed by atoms with Gasteiger partial charge in [-0.25, -0.2) is 4.79 Å². The molecular weight excluding hydrogens is 441 g/mol. The molecule has 2 aromatic carbocycles. The topological polar surface area (TPSA) is 114 Å². The van der Waals surface area contributed by atoms with E-state index < -0.39 is 42.2 Å². The number of aliphatic carboxylic acids is 1. The summed E-state index contributed by atoms with van der Waals surface area (Å²) in [6.45, 7) is -0.909. The lowest BCUT2D eigenvalue weighted by Gasteiger charge is -2.33. The second-order valence-electron chi connectivity index (χ2n) is 7.42. The summed E-state index contributed by atoms with van der Waals surface area (Å²) in [5.41, 5.74) is -0.124. The van der Waals surface area contributed by atoms with E-state index in [0.29, 0.717) is 11.1 Å². The molecule has 0 unspecified atom stereocenters. The van der Waals surface area contributed by atoms with Crippen molar-refractivity contribution >= 4 is 23.6 Å². The third-order valence-corrected chi connectivity index (χ3v) is 5.33. The third-order valence-electron chi connectivity index (χ3n) is 5.33. The predicted molar refractivity (Wildman–Crippen MR) is 108 cm³/mol. The number of carbonyl (C=O) groups excluding carboxylic acids is 2. The number of rotatable bonds is 4. The first-order valence-electron chi connectivity index (χ1n) is 9.62. The molecule has 2 heterocycles. The molecule has 0 fully saturated rings. The van der Waals surface area contributed by atoms with Crippen molar-refractivity contribution in [3.05, 3.63) is 76.5 Å². The maximum Gasteiger partial charge on any atom is 0.416 e. The van der Waals surface area contributed by atoms with Gasteiger partial charge in [-0.3, -0.25) is 14.5 Å².